The monoisotopic (exact) mass is 147 g/mol. The molecule has 0 spiro atoms. The van der Waals surface area contributed by atoms with E-state index >= 15 is 0 Å². The third-order valence-corrected chi connectivity index (χ3v) is 2.00. The second-order valence-corrected chi connectivity index (χ2v) is 2.64. The van der Waals surface area contributed by atoms with Crippen molar-refractivity contribution in [3.8, 4) is 0 Å². The van der Waals surface area contributed by atoms with Crippen LogP contribution in [-0.2, 0) is 4.79 Å². The molecule has 0 saturated heterocycles. The number of hydrogen-bond acceptors (Lipinski definition) is 3. The second kappa shape index (κ2) is 2.51. The van der Waals surface area contributed by atoms with Crippen LogP contribution in [0.3, 0.4) is 0 Å². The number of nitrogens with one attached hydrogen (secondary N) is 1. The van der Waals surface area contributed by atoms with Gasteiger partial charge in [-0.2, -0.15) is 0 Å². The SMILES string of the molecule is O=C1SCC=C1NP. The van der Waals surface area contributed by atoms with Crippen molar-refractivity contribution in [3.05, 3.63) is 11.8 Å². The molecule has 0 saturated carbocycles. The third-order valence-electron chi connectivity index (χ3n) is 0.877. The summed E-state index contributed by atoms with van der Waals surface area (Å²) in [5, 5.41) is 2.86. The van der Waals surface area contributed by atoms with E-state index in [1.54, 1.807) is 0 Å². The Bertz CT molecular complexity index is 145. The highest BCUT2D eigenvalue weighted by molar-refractivity contribution is 8.14. The lowest BCUT2D eigenvalue weighted by Gasteiger charge is -1.92. The van der Waals surface area contributed by atoms with Gasteiger partial charge in [-0.25, -0.2) is 0 Å². The van der Waals surface area contributed by atoms with Crippen molar-refractivity contribution in [1.29, 1.82) is 0 Å². The molecule has 0 amide bonds. The van der Waals surface area contributed by atoms with E-state index in [9.17, 15) is 4.79 Å². The van der Waals surface area contributed by atoms with Gasteiger partial charge in [-0.1, -0.05) is 11.8 Å². The highest BCUT2D eigenvalue weighted by atomic mass is 32.2. The van der Waals surface area contributed by atoms with E-state index in [-0.39, 0.29) is 5.12 Å². The number of carbonyl (C=O) groups excluding carboxylic acids is 1. The lowest BCUT2D eigenvalue weighted by atomic mass is 10.5. The fourth-order valence-electron chi connectivity index (χ4n) is 0.480. The largest absolute Gasteiger partial charge is 0.366 e. The fourth-order valence-corrected chi connectivity index (χ4v) is 1.53. The van der Waals surface area contributed by atoms with E-state index in [1.807, 2.05) is 6.08 Å². The highest BCUT2D eigenvalue weighted by Gasteiger charge is 2.12. The van der Waals surface area contributed by atoms with E-state index in [0.29, 0.717) is 5.70 Å². The van der Waals surface area contributed by atoms with Crippen molar-refractivity contribution in [1.82, 2.24) is 5.09 Å². The van der Waals surface area contributed by atoms with Crippen LogP contribution in [-0.4, -0.2) is 10.9 Å². The Labute approximate surface area is 54.4 Å². The van der Waals surface area contributed by atoms with Gasteiger partial charge in [0.25, 0.3) is 0 Å². The summed E-state index contributed by atoms with van der Waals surface area (Å²) >= 11 is 1.32. The minimum Gasteiger partial charge on any atom is -0.366 e. The summed E-state index contributed by atoms with van der Waals surface area (Å²) in [6.07, 6.45) is 1.88. The standard InChI is InChI=1S/C4H6NOPS/c6-4-3(5-7)1-2-8-4/h1,5H,2,7H2. The van der Waals surface area contributed by atoms with Gasteiger partial charge in [0.1, 0.15) is 0 Å². The summed E-state index contributed by atoms with van der Waals surface area (Å²) in [5.74, 6) is 0.815. The fraction of sp³-hybridized carbons (Fsp3) is 0.250. The summed E-state index contributed by atoms with van der Waals surface area (Å²) in [5.41, 5.74) is 0.708. The van der Waals surface area contributed by atoms with Gasteiger partial charge in [0.2, 0.25) is 5.12 Å². The van der Waals surface area contributed by atoms with Gasteiger partial charge in [-0.15, -0.1) is 0 Å². The van der Waals surface area contributed by atoms with E-state index in [2.05, 4.69) is 14.5 Å². The molecule has 1 N–H and O–H groups in total. The molecule has 0 aliphatic carbocycles. The van der Waals surface area contributed by atoms with Crippen LogP contribution in [0.25, 0.3) is 0 Å². The molecule has 1 aliphatic rings. The summed E-state index contributed by atoms with van der Waals surface area (Å²) in [6.45, 7) is 0. The van der Waals surface area contributed by atoms with Crippen LogP contribution in [0.15, 0.2) is 11.8 Å². The van der Waals surface area contributed by atoms with Crippen LogP contribution in [0.1, 0.15) is 0 Å². The Morgan fingerprint density at radius 3 is 2.88 bits per heavy atom. The first-order chi connectivity index (χ1) is 3.84. The number of hydrogen-bond donors (Lipinski definition) is 1. The van der Waals surface area contributed by atoms with Gasteiger partial charge < -0.3 is 5.09 Å². The van der Waals surface area contributed by atoms with Gasteiger partial charge in [0.15, 0.2) is 0 Å². The van der Waals surface area contributed by atoms with Crippen LogP contribution >= 0.6 is 21.2 Å². The Morgan fingerprint density at radius 1 is 1.88 bits per heavy atom. The molecular weight excluding hydrogens is 141 g/mol. The summed E-state index contributed by atoms with van der Waals surface area (Å²) < 4.78 is 0. The maximum absolute atomic E-state index is 10.6. The maximum Gasteiger partial charge on any atom is 0.235 e. The second-order valence-electron chi connectivity index (χ2n) is 1.36. The molecule has 1 atom stereocenters. The number of thioether (sulfide) groups is 1. The van der Waals surface area contributed by atoms with Gasteiger partial charge >= 0.3 is 0 Å². The molecule has 44 valence electrons. The minimum atomic E-state index is 0.139. The predicted molar refractivity (Wildman–Crippen MR) is 38.4 cm³/mol. The lowest BCUT2D eigenvalue weighted by molar-refractivity contribution is -0.107. The Morgan fingerprint density at radius 2 is 2.62 bits per heavy atom. The molecule has 1 unspecified atom stereocenters. The molecular formula is C4H6NOPS. The topological polar surface area (TPSA) is 29.1 Å². The zero-order chi connectivity index (χ0) is 5.98. The molecule has 0 aromatic carbocycles. The molecule has 8 heavy (non-hydrogen) atoms. The van der Waals surface area contributed by atoms with Gasteiger partial charge in [0, 0.05) is 5.75 Å². The Kier molecular flexibility index (Phi) is 1.92. The van der Waals surface area contributed by atoms with E-state index in [4.69, 9.17) is 0 Å². The average Bonchev–Trinajstić information content (AvgIpc) is 2.14. The van der Waals surface area contributed by atoms with Crippen molar-refractivity contribution in [2.24, 2.45) is 0 Å². The molecule has 1 aliphatic heterocycles. The molecule has 0 aromatic rings. The molecule has 4 heteroatoms. The molecule has 1 rings (SSSR count). The van der Waals surface area contributed by atoms with Crippen LogP contribution in [0.4, 0.5) is 0 Å². The lowest BCUT2D eigenvalue weighted by Crippen LogP contribution is -2.02. The first-order valence-corrected chi connectivity index (χ1v) is 3.75. The summed E-state index contributed by atoms with van der Waals surface area (Å²) in [6, 6.07) is 0. The van der Waals surface area contributed by atoms with Crippen LogP contribution in [0.5, 0.6) is 0 Å². The van der Waals surface area contributed by atoms with Crippen molar-refractivity contribution < 1.29 is 4.79 Å². The van der Waals surface area contributed by atoms with Crippen LogP contribution in [0, 0.1) is 0 Å². The Hall–Kier alpha value is -0.0100. The minimum absolute atomic E-state index is 0.139. The first-order valence-electron chi connectivity index (χ1n) is 2.18. The molecule has 1 heterocycles. The smallest absolute Gasteiger partial charge is 0.235 e. The van der Waals surface area contributed by atoms with Crippen LogP contribution in [0.2, 0.25) is 0 Å². The summed E-state index contributed by atoms with van der Waals surface area (Å²) in [7, 11) is 2.29. The number of rotatable bonds is 1. The molecule has 0 radical (unpaired) electrons. The van der Waals surface area contributed by atoms with Gasteiger partial charge in [-0.3, -0.25) is 4.79 Å². The van der Waals surface area contributed by atoms with Crippen molar-refractivity contribution in [2.45, 2.75) is 0 Å². The van der Waals surface area contributed by atoms with E-state index < -0.39 is 0 Å². The summed E-state index contributed by atoms with van der Waals surface area (Å²) in [4.78, 5) is 10.6. The Balaban J connectivity index is 2.62. The van der Waals surface area contributed by atoms with Crippen molar-refractivity contribution in [3.63, 3.8) is 0 Å². The molecule has 0 bridgehead atoms. The quantitative estimate of drug-likeness (QED) is 0.548. The van der Waals surface area contributed by atoms with Gasteiger partial charge in [0.05, 0.1) is 5.70 Å². The zero-order valence-corrected chi connectivity index (χ0v) is 6.15. The predicted octanol–water partition coefficient (Wildman–Crippen LogP) is 0.523. The van der Waals surface area contributed by atoms with E-state index in [0.717, 1.165) is 5.75 Å². The van der Waals surface area contributed by atoms with Crippen molar-refractivity contribution in [2.75, 3.05) is 5.75 Å². The van der Waals surface area contributed by atoms with E-state index in [1.165, 1.54) is 11.8 Å². The molecule has 2 nitrogen and oxygen atoms in total. The first kappa shape index (κ1) is 6.12. The highest BCUT2D eigenvalue weighted by Crippen LogP contribution is 2.17. The maximum atomic E-state index is 10.6. The van der Waals surface area contributed by atoms with Crippen molar-refractivity contribution >= 4 is 26.3 Å². The van der Waals surface area contributed by atoms with Gasteiger partial charge in [-0.05, 0) is 15.5 Å². The molecule has 0 aromatic heterocycles. The molecule has 0 fully saturated rings. The average molecular weight is 147 g/mol. The zero-order valence-electron chi connectivity index (χ0n) is 4.18. The normalized spacial score (nSPS) is 18.6. The third kappa shape index (κ3) is 1.04. The van der Waals surface area contributed by atoms with Crippen LogP contribution < -0.4 is 5.09 Å². The number of carbonyl (C=O) groups is 1.